The molecule has 30 heavy (non-hydrogen) atoms. The molecular weight excluding hydrogens is 424 g/mol. The van der Waals surface area contributed by atoms with E-state index in [1.165, 1.54) is 6.08 Å². The summed E-state index contributed by atoms with van der Waals surface area (Å²) in [5.41, 5.74) is 0.855. The van der Waals surface area contributed by atoms with Crippen molar-refractivity contribution in [2.24, 2.45) is 5.92 Å². The number of hydrogen-bond donors (Lipinski definition) is 0. The Hall–Kier alpha value is -2.51. The molecule has 2 aliphatic heterocycles. The Morgan fingerprint density at radius 3 is 2.57 bits per heavy atom. The summed E-state index contributed by atoms with van der Waals surface area (Å²) in [6, 6.07) is 10.7. The average molecular weight is 445 g/mol. The molecular formula is C22H21ClN2O4S. The van der Waals surface area contributed by atoms with Gasteiger partial charge in [0.25, 0.3) is 11.1 Å². The molecule has 0 atom stereocenters. The van der Waals surface area contributed by atoms with Crippen LogP contribution in [-0.4, -0.2) is 46.5 Å². The van der Waals surface area contributed by atoms with Gasteiger partial charge in [0.05, 0.1) is 4.91 Å². The summed E-state index contributed by atoms with van der Waals surface area (Å²) in [6.07, 6.45) is 3.43. The first-order chi connectivity index (χ1) is 14.4. The highest BCUT2D eigenvalue weighted by Gasteiger charge is 2.37. The number of benzene rings is 1. The number of imide groups is 1. The first-order valence-electron chi connectivity index (χ1n) is 9.79. The number of amides is 3. The number of hydrogen-bond acceptors (Lipinski definition) is 5. The second kappa shape index (κ2) is 8.70. The van der Waals surface area contributed by atoms with E-state index in [1.54, 1.807) is 29.2 Å². The van der Waals surface area contributed by atoms with Crippen LogP contribution in [0.3, 0.4) is 0 Å². The number of rotatable bonds is 4. The van der Waals surface area contributed by atoms with E-state index in [0.717, 1.165) is 35.1 Å². The summed E-state index contributed by atoms with van der Waals surface area (Å²) in [5.74, 6) is 1.04. The van der Waals surface area contributed by atoms with Crippen LogP contribution in [0, 0.1) is 5.92 Å². The van der Waals surface area contributed by atoms with Crippen LogP contribution >= 0.6 is 23.4 Å². The molecule has 0 saturated carbocycles. The van der Waals surface area contributed by atoms with Gasteiger partial charge in [-0.05, 0) is 66.9 Å². The van der Waals surface area contributed by atoms with E-state index in [1.807, 2.05) is 12.1 Å². The molecule has 0 unspecified atom stereocenters. The van der Waals surface area contributed by atoms with Crippen LogP contribution in [0.1, 0.15) is 25.5 Å². The normalized spacial score (nSPS) is 19.2. The largest absolute Gasteiger partial charge is 0.457 e. The zero-order chi connectivity index (χ0) is 21.3. The maximum atomic E-state index is 12.7. The summed E-state index contributed by atoms with van der Waals surface area (Å²) in [4.78, 5) is 40.5. The van der Waals surface area contributed by atoms with Crippen molar-refractivity contribution in [3.8, 4) is 11.3 Å². The zero-order valence-corrected chi connectivity index (χ0v) is 18.0. The molecule has 0 bridgehead atoms. The van der Waals surface area contributed by atoms with Crippen molar-refractivity contribution in [3.63, 3.8) is 0 Å². The van der Waals surface area contributed by atoms with E-state index < -0.39 is 11.1 Å². The van der Waals surface area contributed by atoms with Crippen LogP contribution in [0.4, 0.5) is 4.79 Å². The number of furan rings is 1. The Morgan fingerprint density at radius 1 is 1.17 bits per heavy atom. The van der Waals surface area contributed by atoms with Gasteiger partial charge in [-0.3, -0.25) is 19.3 Å². The van der Waals surface area contributed by atoms with Gasteiger partial charge in [-0.2, -0.15) is 0 Å². The molecule has 2 saturated heterocycles. The predicted molar refractivity (Wildman–Crippen MR) is 117 cm³/mol. The summed E-state index contributed by atoms with van der Waals surface area (Å²) < 4.78 is 5.79. The molecule has 8 heteroatoms. The number of piperidine rings is 1. The average Bonchev–Trinajstić information content (AvgIpc) is 3.29. The number of nitrogens with zero attached hydrogens (tertiary/aromatic N) is 2. The lowest BCUT2D eigenvalue weighted by Gasteiger charge is -2.31. The highest BCUT2D eigenvalue weighted by molar-refractivity contribution is 8.18. The molecule has 2 aliphatic rings. The van der Waals surface area contributed by atoms with Gasteiger partial charge < -0.3 is 9.32 Å². The minimum Gasteiger partial charge on any atom is -0.457 e. The first kappa shape index (κ1) is 20.8. The van der Waals surface area contributed by atoms with Gasteiger partial charge in [-0.15, -0.1) is 0 Å². The van der Waals surface area contributed by atoms with Crippen LogP contribution < -0.4 is 0 Å². The quantitative estimate of drug-likeness (QED) is 0.627. The van der Waals surface area contributed by atoms with Crippen LogP contribution in [0.25, 0.3) is 17.4 Å². The van der Waals surface area contributed by atoms with Gasteiger partial charge in [-0.1, -0.05) is 18.5 Å². The minimum absolute atomic E-state index is 0.187. The Bertz CT molecular complexity index is 1010. The monoisotopic (exact) mass is 444 g/mol. The lowest BCUT2D eigenvalue weighted by atomic mass is 9.99. The van der Waals surface area contributed by atoms with Crippen LogP contribution in [0.5, 0.6) is 0 Å². The molecule has 0 radical (unpaired) electrons. The molecule has 2 aromatic rings. The fourth-order valence-corrected chi connectivity index (χ4v) is 4.40. The van der Waals surface area contributed by atoms with Gasteiger partial charge >= 0.3 is 0 Å². The maximum Gasteiger partial charge on any atom is 0.294 e. The third-order valence-corrected chi connectivity index (χ3v) is 6.49. The van der Waals surface area contributed by atoms with Crippen molar-refractivity contribution in [1.29, 1.82) is 0 Å². The zero-order valence-electron chi connectivity index (χ0n) is 16.5. The Kier molecular flexibility index (Phi) is 6.01. The van der Waals surface area contributed by atoms with Crippen molar-refractivity contribution in [2.75, 3.05) is 19.6 Å². The third-order valence-electron chi connectivity index (χ3n) is 5.33. The molecule has 6 nitrogen and oxygen atoms in total. The second-order valence-corrected chi connectivity index (χ2v) is 8.97. The smallest absolute Gasteiger partial charge is 0.294 e. The van der Waals surface area contributed by atoms with E-state index >= 15 is 0 Å². The van der Waals surface area contributed by atoms with Gasteiger partial charge in [0.1, 0.15) is 18.1 Å². The number of thioether (sulfide) groups is 1. The molecule has 2 fully saturated rings. The molecule has 3 amide bonds. The lowest BCUT2D eigenvalue weighted by Crippen LogP contribution is -2.45. The van der Waals surface area contributed by atoms with Crippen LogP contribution in [0.2, 0.25) is 5.02 Å². The van der Waals surface area contributed by atoms with E-state index in [9.17, 15) is 14.4 Å². The van der Waals surface area contributed by atoms with Crippen molar-refractivity contribution in [2.45, 2.75) is 19.8 Å². The third kappa shape index (κ3) is 4.47. The standard InChI is InChI=1S/C22H21ClN2O4S/c1-14-8-10-24(11-9-14)20(26)13-25-21(27)19(30-22(25)28)12-17-6-7-18(29-17)15-2-4-16(23)5-3-15/h2-7,12,14H,8-11,13H2,1H3/b19-12+. The summed E-state index contributed by atoms with van der Waals surface area (Å²) in [5, 5.41) is 0.197. The molecule has 0 aliphatic carbocycles. The van der Waals surface area contributed by atoms with Crippen molar-refractivity contribution in [1.82, 2.24) is 9.80 Å². The molecule has 0 spiro atoms. The van der Waals surface area contributed by atoms with E-state index in [-0.39, 0.29) is 17.4 Å². The molecule has 0 N–H and O–H groups in total. The Morgan fingerprint density at radius 2 is 1.87 bits per heavy atom. The number of likely N-dealkylation sites (tertiary alicyclic amines) is 1. The van der Waals surface area contributed by atoms with Crippen molar-refractivity contribution >= 4 is 46.5 Å². The number of halogens is 1. The Balaban J connectivity index is 1.44. The lowest BCUT2D eigenvalue weighted by molar-refractivity contribution is -0.136. The van der Waals surface area contributed by atoms with E-state index in [2.05, 4.69) is 6.92 Å². The molecule has 4 rings (SSSR count). The molecule has 3 heterocycles. The Labute approximate surface area is 183 Å². The molecule has 156 valence electrons. The fraction of sp³-hybridized carbons (Fsp3) is 0.318. The molecule has 1 aromatic heterocycles. The van der Waals surface area contributed by atoms with E-state index in [0.29, 0.717) is 35.6 Å². The fourth-order valence-electron chi connectivity index (χ4n) is 3.46. The maximum absolute atomic E-state index is 12.7. The van der Waals surface area contributed by atoms with Gasteiger partial charge in [0.2, 0.25) is 5.91 Å². The first-order valence-corrected chi connectivity index (χ1v) is 11.0. The molecule has 1 aromatic carbocycles. The van der Waals surface area contributed by atoms with Gasteiger partial charge in [0, 0.05) is 29.8 Å². The SMILES string of the molecule is CC1CCN(C(=O)CN2C(=O)S/C(=C/c3ccc(-c4ccc(Cl)cc4)o3)C2=O)CC1. The van der Waals surface area contributed by atoms with Crippen molar-refractivity contribution in [3.05, 3.63) is 52.1 Å². The van der Waals surface area contributed by atoms with Crippen molar-refractivity contribution < 1.29 is 18.8 Å². The van der Waals surface area contributed by atoms with Crippen LogP contribution in [-0.2, 0) is 9.59 Å². The van der Waals surface area contributed by atoms with Gasteiger partial charge in [-0.25, -0.2) is 0 Å². The summed E-state index contributed by atoms with van der Waals surface area (Å²) in [6.45, 7) is 3.29. The van der Waals surface area contributed by atoms with Gasteiger partial charge in [0.15, 0.2) is 0 Å². The second-order valence-electron chi connectivity index (χ2n) is 7.54. The predicted octanol–water partition coefficient (Wildman–Crippen LogP) is 4.89. The topological polar surface area (TPSA) is 70.8 Å². The summed E-state index contributed by atoms with van der Waals surface area (Å²) in [7, 11) is 0. The highest BCUT2D eigenvalue weighted by Crippen LogP contribution is 2.33. The number of carbonyl (C=O) groups excluding carboxylic acids is 3. The summed E-state index contributed by atoms with van der Waals surface area (Å²) >= 11 is 6.73. The highest BCUT2D eigenvalue weighted by atomic mass is 35.5. The van der Waals surface area contributed by atoms with Crippen LogP contribution in [0.15, 0.2) is 45.7 Å². The minimum atomic E-state index is -0.465. The number of carbonyl (C=O) groups is 3. The van der Waals surface area contributed by atoms with E-state index in [4.69, 9.17) is 16.0 Å².